The number of fused-ring (bicyclic) bond motifs is 2. The van der Waals surface area contributed by atoms with Gasteiger partial charge in [0.05, 0.1) is 13.2 Å². The molecule has 0 saturated carbocycles. The Labute approximate surface area is 433 Å². The van der Waals surface area contributed by atoms with Crippen LogP contribution in [0.4, 0.5) is 0 Å². The lowest BCUT2D eigenvalue weighted by molar-refractivity contribution is -0.102. The number of hydrogen-bond acceptors (Lipinski definition) is 7. The Morgan fingerprint density at radius 1 is 0.611 bits per heavy atom. The molecule has 5 aromatic carbocycles. The molecule has 0 radical (unpaired) electrons. The molecule has 0 bridgehead atoms. The number of hydrogen-bond donors (Lipinski definition) is 0. The van der Waals surface area contributed by atoms with Crippen molar-refractivity contribution in [2.24, 2.45) is 0 Å². The van der Waals surface area contributed by atoms with Crippen LogP contribution in [-0.4, -0.2) is 52.9 Å². The van der Waals surface area contributed by atoms with Crippen molar-refractivity contribution in [1.82, 2.24) is 0 Å². The van der Waals surface area contributed by atoms with Gasteiger partial charge in [-0.2, -0.15) is 0 Å². The molecule has 0 aromatic heterocycles. The van der Waals surface area contributed by atoms with Crippen LogP contribution in [0.15, 0.2) is 128 Å². The smallest absolute Gasteiger partial charge is 0.342 e. The van der Waals surface area contributed by atoms with Crippen molar-refractivity contribution in [3.63, 3.8) is 0 Å². The van der Waals surface area contributed by atoms with Crippen LogP contribution in [0.25, 0.3) is 0 Å². The number of esters is 2. The summed E-state index contributed by atoms with van der Waals surface area (Å²) in [6.45, 7) is 34.1. The zero-order valence-corrected chi connectivity index (χ0v) is 48.2. The standard InChI is InChI=1S/C22H32O3Si.C21H19OP.C19H28O3Si/c1-8-15(3)10-11-18-17(9-2)16(4)19-14-25-22(23)20(19)21(18)24-12-13-26(5,6)7;1-18(17-22)23(19-11-5-2-6-12-19,20-13-7-3-8-14-20)21-15-9-4-10-16-21;1-7-9-15-14(8-2)13(3)16-12-22-19(20)17(16)18(15)21-10-11-23(4,5)6/h8,10H,1,9,11-14H2,2-7H3;2-17H,1H3;7H,1,8-12H2,2-6H3/b15-10+;;. The summed E-state index contributed by atoms with van der Waals surface area (Å²) in [5, 5.41) is 4.52. The molecule has 0 N–H and O–H groups in total. The highest BCUT2D eigenvalue weighted by Gasteiger charge is 2.34. The second-order valence-corrected chi connectivity index (χ2v) is 35.8. The van der Waals surface area contributed by atoms with Gasteiger partial charge in [0.2, 0.25) is 0 Å². The van der Waals surface area contributed by atoms with Gasteiger partial charge in [0, 0.05) is 38.4 Å². The molecule has 0 saturated heterocycles. The molecule has 0 aliphatic carbocycles. The summed E-state index contributed by atoms with van der Waals surface area (Å²) in [6, 6.07) is 33.3. The first-order valence-electron chi connectivity index (χ1n) is 25.5. The fourth-order valence-corrected chi connectivity index (χ4v) is 15.0. The summed E-state index contributed by atoms with van der Waals surface area (Å²) in [4.78, 5) is 36.5. The van der Waals surface area contributed by atoms with Gasteiger partial charge >= 0.3 is 11.9 Å². The molecule has 0 amide bonds. The maximum absolute atomic E-state index is 12.4. The van der Waals surface area contributed by atoms with Gasteiger partial charge in [0.1, 0.15) is 42.1 Å². The van der Waals surface area contributed by atoms with Crippen molar-refractivity contribution in [1.29, 1.82) is 0 Å². The maximum atomic E-state index is 12.4. The molecule has 72 heavy (non-hydrogen) atoms. The van der Waals surface area contributed by atoms with Crippen LogP contribution in [0.1, 0.15) is 92.9 Å². The van der Waals surface area contributed by atoms with Crippen molar-refractivity contribution in [2.75, 3.05) is 13.2 Å². The summed E-state index contributed by atoms with van der Waals surface area (Å²) in [6.07, 6.45) is 10.2. The predicted octanol–water partition coefficient (Wildman–Crippen LogP) is 13.7. The molecular formula is C62H79O7PSi2. The molecule has 7 rings (SSSR count). The number of allylic oxidation sites excluding steroid dienone is 4. The Bertz CT molecular complexity index is 2710. The zero-order valence-electron chi connectivity index (χ0n) is 45.3. The molecule has 0 unspecified atom stereocenters. The first-order chi connectivity index (χ1) is 34.3. The lowest BCUT2D eigenvalue weighted by Crippen LogP contribution is -2.30. The quantitative estimate of drug-likeness (QED) is 0.0203. The Balaban J connectivity index is 0.000000201. The Morgan fingerprint density at radius 2 is 0.986 bits per heavy atom. The number of benzene rings is 5. The van der Waals surface area contributed by atoms with Crippen LogP contribution in [0.3, 0.4) is 0 Å². The Kier molecular flexibility index (Phi) is 20.5. The van der Waals surface area contributed by atoms with Crippen LogP contribution < -0.4 is 25.4 Å². The van der Waals surface area contributed by atoms with Gasteiger partial charge in [-0.15, -0.1) is 6.58 Å². The van der Waals surface area contributed by atoms with Crippen molar-refractivity contribution < 1.29 is 33.3 Å². The number of carbonyl (C=O) groups excluding carboxylic acids is 3. The first kappa shape index (κ1) is 57.2. The number of carbonyl (C=O) groups is 3. The SMILES string of the molecule is C=C/C(C)=C/Cc1c(CC)c(C)c2c(c1OCC[Si](C)(C)C)C(=O)OC2.C=CCc1c(CC)c(C)c2c(c1OCC[Si](C)(C)C)C(=O)OC2.CC(C=O)=P(c1ccccc1)(c1ccccc1)c1ccccc1. The average molecular weight is 1020 g/mol. The molecule has 0 spiro atoms. The van der Waals surface area contributed by atoms with Gasteiger partial charge in [-0.05, 0) is 116 Å². The number of cyclic esters (lactones) is 2. The molecule has 2 heterocycles. The summed E-state index contributed by atoms with van der Waals surface area (Å²) < 4.78 is 23.1. The van der Waals surface area contributed by atoms with E-state index in [0.717, 1.165) is 82.3 Å². The van der Waals surface area contributed by atoms with E-state index in [0.29, 0.717) is 44.0 Å². The number of rotatable bonds is 19. The predicted molar refractivity (Wildman–Crippen MR) is 310 cm³/mol. The monoisotopic (exact) mass is 1020 g/mol. The third-order valence-corrected chi connectivity index (χ3v) is 21.4. The van der Waals surface area contributed by atoms with Crippen LogP contribution in [-0.2, 0) is 53.2 Å². The Hall–Kier alpha value is -5.74. The largest absolute Gasteiger partial charge is 0.493 e. The van der Waals surface area contributed by atoms with Crippen LogP contribution in [0.2, 0.25) is 51.4 Å². The minimum atomic E-state index is -2.10. The lowest BCUT2D eigenvalue weighted by atomic mass is 9.89. The van der Waals surface area contributed by atoms with E-state index in [1.54, 1.807) is 0 Å². The molecule has 5 aromatic rings. The van der Waals surface area contributed by atoms with E-state index in [1.807, 2.05) is 80.6 Å². The lowest BCUT2D eigenvalue weighted by Gasteiger charge is -2.30. The molecule has 382 valence electrons. The molecule has 10 heteroatoms. The molecule has 0 atom stereocenters. The number of aldehydes is 1. The summed E-state index contributed by atoms with van der Waals surface area (Å²) >= 11 is 0. The first-order valence-corrected chi connectivity index (χ1v) is 34.7. The van der Waals surface area contributed by atoms with Crippen molar-refractivity contribution in [2.45, 2.75) is 132 Å². The van der Waals surface area contributed by atoms with Crippen LogP contribution >= 0.6 is 6.89 Å². The normalized spacial score (nSPS) is 13.0. The zero-order chi connectivity index (χ0) is 52.8. The van der Waals surface area contributed by atoms with Gasteiger partial charge in [0.15, 0.2) is 0 Å². The van der Waals surface area contributed by atoms with Crippen molar-refractivity contribution >= 4 is 62.5 Å². The van der Waals surface area contributed by atoms with E-state index in [4.69, 9.17) is 18.9 Å². The minimum Gasteiger partial charge on any atom is -0.493 e. The van der Waals surface area contributed by atoms with E-state index in [1.165, 1.54) is 38.2 Å². The van der Waals surface area contributed by atoms with E-state index < -0.39 is 23.0 Å². The topological polar surface area (TPSA) is 88.1 Å². The van der Waals surface area contributed by atoms with E-state index in [2.05, 4.69) is 123 Å². The summed E-state index contributed by atoms with van der Waals surface area (Å²) in [5.41, 5.74) is 11.5. The number of ether oxygens (including phenoxy) is 4. The molecule has 7 nitrogen and oxygen atoms in total. The van der Waals surface area contributed by atoms with Gasteiger partial charge < -0.3 is 18.9 Å². The summed E-state index contributed by atoms with van der Waals surface area (Å²) in [7, 11) is -2.40. The average Bonchev–Trinajstić information content (AvgIpc) is 3.95. The third-order valence-electron chi connectivity index (χ3n) is 13.6. The van der Waals surface area contributed by atoms with Gasteiger partial charge in [0.25, 0.3) is 0 Å². The third kappa shape index (κ3) is 13.5. The van der Waals surface area contributed by atoms with E-state index in [-0.39, 0.29) is 11.9 Å². The molecular weight excluding hydrogens is 944 g/mol. The van der Waals surface area contributed by atoms with Crippen LogP contribution in [0.5, 0.6) is 11.5 Å². The maximum Gasteiger partial charge on any atom is 0.342 e. The van der Waals surface area contributed by atoms with Crippen molar-refractivity contribution in [3.05, 3.63) is 184 Å². The molecule has 2 aliphatic heterocycles. The summed E-state index contributed by atoms with van der Waals surface area (Å²) in [5.74, 6) is 0.984. The minimum absolute atomic E-state index is 0.251. The highest BCUT2D eigenvalue weighted by Crippen LogP contribution is 2.46. The van der Waals surface area contributed by atoms with Gasteiger partial charge in [-0.25, -0.2) is 9.59 Å². The Morgan fingerprint density at radius 3 is 1.31 bits per heavy atom. The fraction of sp³-hybridized carbons (Fsp3) is 0.355. The van der Waals surface area contributed by atoms with Crippen LogP contribution in [0, 0.1) is 13.8 Å². The van der Waals surface area contributed by atoms with Gasteiger partial charge in [-0.3, -0.25) is 4.79 Å². The molecule has 0 fully saturated rings. The highest BCUT2D eigenvalue weighted by molar-refractivity contribution is 7.96. The van der Waals surface area contributed by atoms with E-state index >= 15 is 0 Å². The van der Waals surface area contributed by atoms with E-state index in [9.17, 15) is 14.4 Å². The highest BCUT2D eigenvalue weighted by atomic mass is 31.2. The van der Waals surface area contributed by atoms with Crippen molar-refractivity contribution in [3.8, 4) is 11.5 Å². The molecule has 2 aliphatic rings. The fourth-order valence-electron chi connectivity index (χ4n) is 9.46. The second-order valence-electron chi connectivity index (χ2n) is 21.0. The van der Waals surface area contributed by atoms with Gasteiger partial charge in [-0.1, -0.05) is 175 Å². The second kappa shape index (κ2) is 25.8.